The summed E-state index contributed by atoms with van der Waals surface area (Å²) < 4.78 is 11.3. The second-order valence-corrected chi connectivity index (χ2v) is 4.61. The van der Waals surface area contributed by atoms with E-state index in [2.05, 4.69) is 19.2 Å². The summed E-state index contributed by atoms with van der Waals surface area (Å²) in [5.74, 6) is 0. The van der Waals surface area contributed by atoms with Gasteiger partial charge in [0, 0.05) is 12.6 Å². The van der Waals surface area contributed by atoms with Crippen LogP contribution in [0.15, 0.2) is 0 Å². The van der Waals surface area contributed by atoms with Gasteiger partial charge in [-0.2, -0.15) is 0 Å². The molecule has 2 unspecified atom stereocenters. The zero-order chi connectivity index (χ0) is 11.6. The molecule has 0 aromatic heterocycles. The second-order valence-electron chi connectivity index (χ2n) is 4.61. The zero-order valence-electron chi connectivity index (χ0n) is 10.8. The standard InChI is InChI=1S/C13H27NO2/c1-3-6-12(14-8-4-2)10-15-11-13-7-5-9-16-13/h12-14H,3-11H2,1-2H3. The molecule has 0 aromatic rings. The minimum atomic E-state index is 0.355. The van der Waals surface area contributed by atoms with Crippen molar-refractivity contribution >= 4 is 0 Å². The lowest BCUT2D eigenvalue weighted by Crippen LogP contribution is -2.34. The maximum Gasteiger partial charge on any atom is 0.0809 e. The summed E-state index contributed by atoms with van der Waals surface area (Å²) in [6.45, 7) is 8.03. The molecule has 0 saturated carbocycles. The van der Waals surface area contributed by atoms with Gasteiger partial charge in [0.05, 0.1) is 19.3 Å². The van der Waals surface area contributed by atoms with Crippen LogP contribution in [0.25, 0.3) is 0 Å². The summed E-state index contributed by atoms with van der Waals surface area (Å²) in [7, 11) is 0. The number of ether oxygens (including phenoxy) is 2. The van der Waals surface area contributed by atoms with Crippen LogP contribution in [0.3, 0.4) is 0 Å². The molecule has 0 aliphatic carbocycles. The van der Waals surface area contributed by atoms with E-state index in [0.717, 1.165) is 26.4 Å². The highest BCUT2D eigenvalue weighted by Crippen LogP contribution is 2.12. The molecule has 1 saturated heterocycles. The fourth-order valence-corrected chi connectivity index (χ4v) is 2.06. The van der Waals surface area contributed by atoms with Crippen molar-refractivity contribution in [1.29, 1.82) is 0 Å². The molecule has 0 radical (unpaired) electrons. The van der Waals surface area contributed by atoms with E-state index in [-0.39, 0.29) is 0 Å². The minimum absolute atomic E-state index is 0.355. The average molecular weight is 229 g/mol. The van der Waals surface area contributed by atoms with Crippen LogP contribution in [0.4, 0.5) is 0 Å². The van der Waals surface area contributed by atoms with Gasteiger partial charge >= 0.3 is 0 Å². The lowest BCUT2D eigenvalue weighted by Gasteiger charge is -2.19. The Hall–Kier alpha value is -0.120. The largest absolute Gasteiger partial charge is 0.377 e. The summed E-state index contributed by atoms with van der Waals surface area (Å²) in [5.41, 5.74) is 0. The second kappa shape index (κ2) is 8.97. The van der Waals surface area contributed by atoms with Crippen molar-refractivity contribution in [2.24, 2.45) is 0 Å². The number of nitrogens with one attached hydrogen (secondary N) is 1. The van der Waals surface area contributed by atoms with Gasteiger partial charge in [-0.25, -0.2) is 0 Å². The Kier molecular flexibility index (Phi) is 7.81. The van der Waals surface area contributed by atoms with Gasteiger partial charge in [-0.15, -0.1) is 0 Å². The van der Waals surface area contributed by atoms with Gasteiger partial charge in [0.15, 0.2) is 0 Å². The molecular formula is C13H27NO2. The van der Waals surface area contributed by atoms with Crippen LogP contribution in [-0.4, -0.2) is 38.5 Å². The van der Waals surface area contributed by atoms with Gasteiger partial charge in [0.1, 0.15) is 0 Å². The Balaban J connectivity index is 2.05. The van der Waals surface area contributed by atoms with E-state index in [9.17, 15) is 0 Å². The summed E-state index contributed by atoms with van der Waals surface area (Å²) in [5, 5.41) is 3.53. The summed E-state index contributed by atoms with van der Waals surface area (Å²) in [6, 6.07) is 0.520. The van der Waals surface area contributed by atoms with E-state index in [1.165, 1.54) is 32.1 Å². The average Bonchev–Trinajstić information content (AvgIpc) is 2.79. The summed E-state index contributed by atoms with van der Waals surface area (Å²) in [6.07, 6.45) is 6.32. The van der Waals surface area contributed by atoms with Crippen LogP contribution in [0, 0.1) is 0 Å². The summed E-state index contributed by atoms with van der Waals surface area (Å²) >= 11 is 0. The number of rotatable bonds is 9. The summed E-state index contributed by atoms with van der Waals surface area (Å²) in [4.78, 5) is 0. The Morgan fingerprint density at radius 2 is 2.25 bits per heavy atom. The molecule has 1 heterocycles. The molecule has 0 aromatic carbocycles. The first-order chi connectivity index (χ1) is 7.86. The third-order valence-electron chi connectivity index (χ3n) is 2.97. The van der Waals surface area contributed by atoms with Crippen molar-refractivity contribution < 1.29 is 9.47 Å². The lowest BCUT2D eigenvalue weighted by molar-refractivity contribution is 0.00947. The molecule has 1 aliphatic heterocycles. The molecule has 2 atom stereocenters. The van der Waals surface area contributed by atoms with E-state index in [4.69, 9.17) is 9.47 Å². The van der Waals surface area contributed by atoms with Gasteiger partial charge in [0.2, 0.25) is 0 Å². The van der Waals surface area contributed by atoms with Gasteiger partial charge in [-0.05, 0) is 32.2 Å². The van der Waals surface area contributed by atoms with Crippen molar-refractivity contribution in [3.05, 3.63) is 0 Å². The Morgan fingerprint density at radius 1 is 1.38 bits per heavy atom. The molecule has 1 aliphatic rings. The highest BCUT2D eigenvalue weighted by atomic mass is 16.5. The molecule has 96 valence electrons. The van der Waals surface area contributed by atoms with Gasteiger partial charge in [-0.1, -0.05) is 20.3 Å². The van der Waals surface area contributed by atoms with Crippen molar-refractivity contribution in [2.75, 3.05) is 26.4 Å². The molecule has 1 rings (SSSR count). The molecule has 3 heteroatoms. The molecule has 16 heavy (non-hydrogen) atoms. The maximum absolute atomic E-state index is 5.74. The van der Waals surface area contributed by atoms with Crippen LogP contribution in [0.5, 0.6) is 0 Å². The zero-order valence-corrected chi connectivity index (χ0v) is 10.8. The first-order valence-electron chi connectivity index (χ1n) is 6.79. The first-order valence-corrected chi connectivity index (χ1v) is 6.79. The highest BCUT2D eigenvalue weighted by molar-refractivity contribution is 4.67. The molecule has 3 nitrogen and oxygen atoms in total. The fourth-order valence-electron chi connectivity index (χ4n) is 2.06. The molecule has 1 fully saturated rings. The molecule has 0 bridgehead atoms. The van der Waals surface area contributed by atoms with Crippen LogP contribution in [0.1, 0.15) is 46.0 Å². The third kappa shape index (κ3) is 5.83. The Labute approximate surface area is 99.9 Å². The van der Waals surface area contributed by atoms with Crippen LogP contribution < -0.4 is 5.32 Å². The van der Waals surface area contributed by atoms with E-state index in [0.29, 0.717) is 12.1 Å². The lowest BCUT2D eigenvalue weighted by atomic mass is 10.2. The van der Waals surface area contributed by atoms with Crippen molar-refractivity contribution in [2.45, 2.75) is 58.1 Å². The predicted molar refractivity (Wildman–Crippen MR) is 66.8 cm³/mol. The van der Waals surface area contributed by atoms with E-state index >= 15 is 0 Å². The van der Waals surface area contributed by atoms with Crippen LogP contribution in [0.2, 0.25) is 0 Å². The molecule has 0 amide bonds. The Morgan fingerprint density at radius 3 is 2.88 bits per heavy atom. The predicted octanol–water partition coefficient (Wildman–Crippen LogP) is 2.35. The van der Waals surface area contributed by atoms with Crippen LogP contribution in [-0.2, 0) is 9.47 Å². The van der Waals surface area contributed by atoms with Gasteiger partial charge in [0.25, 0.3) is 0 Å². The topological polar surface area (TPSA) is 30.5 Å². The maximum atomic E-state index is 5.74. The van der Waals surface area contributed by atoms with E-state index in [1.54, 1.807) is 0 Å². The van der Waals surface area contributed by atoms with Crippen molar-refractivity contribution in [3.63, 3.8) is 0 Å². The monoisotopic (exact) mass is 229 g/mol. The van der Waals surface area contributed by atoms with Gasteiger partial charge in [-0.3, -0.25) is 0 Å². The fraction of sp³-hybridized carbons (Fsp3) is 1.00. The highest BCUT2D eigenvalue weighted by Gasteiger charge is 2.16. The van der Waals surface area contributed by atoms with E-state index in [1.807, 2.05) is 0 Å². The van der Waals surface area contributed by atoms with Gasteiger partial charge < -0.3 is 14.8 Å². The quantitative estimate of drug-likeness (QED) is 0.658. The van der Waals surface area contributed by atoms with Crippen LogP contribution >= 0.6 is 0 Å². The number of hydrogen-bond donors (Lipinski definition) is 1. The third-order valence-corrected chi connectivity index (χ3v) is 2.97. The Bertz CT molecular complexity index is 158. The smallest absolute Gasteiger partial charge is 0.0809 e. The molecule has 1 N–H and O–H groups in total. The van der Waals surface area contributed by atoms with Crippen molar-refractivity contribution in [1.82, 2.24) is 5.32 Å². The SMILES string of the molecule is CCCNC(CCC)COCC1CCCO1. The molecular weight excluding hydrogens is 202 g/mol. The first kappa shape index (κ1) is 13.9. The number of hydrogen-bond acceptors (Lipinski definition) is 3. The van der Waals surface area contributed by atoms with Crippen molar-refractivity contribution in [3.8, 4) is 0 Å². The molecule has 0 spiro atoms. The normalized spacial score (nSPS) is 22.5. The minimum Gasteiger partial charge on any atom is -0.377 e. The van der Waals surface area contributed by atoms with E-state index < -0.39 is 0 Å².